The highest BCUT2D eigenvalue weighted by Gasteiger charge is 2.26. The smallest absolute Gasteiger partial charge is 0.243 e. The maximum absolute atomic E-state index is 12.2. The van der Waals surface area contributed by atoms with Crippen molar-refractivity contribution in [2.24, 2.45) is 0 Å². The molecule has 0 spiro atoms. The number of hydrogen-bond acceptors (Lipinski definition) is 2. The maximum Gasteiger partial charge on any atom is 0.243 e. The number of quaternary nitrogens is 1. The van der Waals surface area contributed by atoms with Gasteiger partial charge in [-0.2, -0.15) is 4.31 Å². The van der Waals surface area contributed by atoms with Gasteiger partial charge in [0.1, 0.15) is 0 Å². The quantitative estimate of drug-likeness (QED) is 0.809. The molecule has 1 fully saturated rings. The molecule has 6 heteroatoms. The summed E-state index contributed by atoms with van der Waals surface area (Å²) >= 11 is 5.73. The summed E-state index contributed by atoms with van der Waals surface area (Å²) in [5, 5.41) is 2.67. The molecular weight excluding hydrogens is 248 g/mol. The first kappa shape index (κ1) is 11.9. The van der Waals surface area contributed by atoms with Crippen molar-refractivity contribution in [3.8, 4) is 0 Å². The summed E-state index contributed by atoms with van der Waals surface area (Å²) in [4.78, 5) is 0.318. The van der Waals surface area contributed by atoms with E-state index < -0.39 is 10.0 Å². The van der Waals surface area contributed by atoms with Gasteiger partial charge < -0.3 is 5.32 Å². The largest absolute Gasteiger partial charge is 0.344 e. The van der Waals surface area contributed by atoms with Crippen LogP contribution in [0, 0.1) is 0 Å². The number of benzene rings is 1. The minimum atomic E-state index is -3.32. The minimum absolute atomic E-state index is 0.318. The SMILES string of the molecule is O=S(=O)(c1ccc(Cl)cc1)N1CC[NH2+]CC1. The fourth-order valence-electron chi connectivity index (χ4n) is 1.72. The van der Waals surface area contributed by atoms with Crippen LogP contribution in [-0.4, -0.2) is 38.9 Å². The van der Waals surface area contributed by atoms with Crippen molar-refractivity contribution >= 4 is 21.6 Å². The molecule has 16 heavy (non-hydrogen) atoms. The van der Waals surface area contributed by atoms with Gasteiger partial charge in [-0.3, -0.25) is 0 Å². The summed E-state index contributed by atoms with van der Waals surface area (Å²) < 4.78 is 25.9. The summed E-state index contributed by atoms with van der Waals surface area (Å²) in [6, 6.07) is 6.31. The molecule has 0 bridgehead atoms. The predicted molar refractivity (Wildman–Crippen MR) is 61.9 cm³/mol. The lowest BCUT2D eigenvalue weighted by Crippen LogP contribution is -2.89. The van der Waals surface area contributed by atoms with Crippen molar-refractivity contribution < 1.29 is 13.7 Å². The molecule has 0 aliphatic carbocycles. The van der Waals surface area contributed by atoms with Gasteiger partial charge in [0.05, 0.1) is 31.1 Å². The van der Waals surface area contributed by atoms with E-state index in [2.05, 4.69) is 5.32 Å². The third-order valence-corrected chi connectivity index (χ3v) is 4.78. The van der Waals surface area contributed by atoms with E-state index >= 15 is 0 Å². The van der Waals surface area contributed by atoms with E-state index in [1.54, 1.807) is 24.3 Å². The van der Waals surface area contributed by atoms with Crippen molar-refractivity contribution in [2.45, 2.75) is 4.90 Å². The number of piperazine rings is 1. The molecule has 1 aromatic carbocycles. The first-order chi connectivity index (χ1) is 7.60. The zero-order valence-electron chi connectivity index (χ0n) is 8.77. The van der Waals surface area contributed by atoms with Crippen LogP contribution in [0.5, 0.6) is 0 Å². The van der Waals surface area contributed by atoms with E-state index in [4.69, 9.17) is 11.6 Å². The van der Waals surface area contributed by atoms with Crippen molar-refractivity contribution in [3.05, 3.63) is 29.3 Å². The topological polar surface area (TPSA) is 54.0 Å². The highest BCUT2D eigenvalue weighted by atomic mass is 35.5. The zero-order valence-corrected chi connectivity index (χ0v) is 10.3. The Kier molecular flexibility index (Phi) is 3.49. The molecule has 4 nitrogen and oxygen atoms in total. The van der Waals surface area contributed by atoms with Gasteiger partial charge in [0.15, 0.2) is 0 Å². The molecule has 0 unspecified atom stereocenters. The van der Waals surface area contributed by atoms with Crippen molar-refractivity contribution in [1.82, 2.24) is 4.31 Å². The minimum Gasteiger partial charge on any atom is -0.344 e. The molecule has 2 N–H and O–H groups in total. The second-order valence-electron chi connectivity index (χ2n) is 3.72. The van der Waals surface area contributed by atoms with E-state index in [-0.39, 0.29) is 0 Å². The first-order valence-electron chi connectivity index (χ1n) is 5.18. The van der Waals surface area contributed by atoms with Crippen LogP contribution in [0.3, 0.4) is 0 Å². The van der Waals surface area contributed by atoms with Crippen molar-refractivity contribution in [3.63, 3.8) is 0 Å². The van der Waals surface area contributed by atoms with Crippen molar-refractivity contribution in [1.29, 1.82) is 0 Å². The average Bonchev–Trinajstić information content (AvgIpc) is 2.31. The standard InChI is InChI=1S/C10H13ClN2O2S/c11-9-1-3-10(4-2-9)16(14,15)13-7-5-12-6-8-13/h1-4,12H,5-8H2/p+1. The molecule has 0 radical (unpaired) electrons. The number of sulfonamides is 1. The van der Waals surface area contributed by atoms with Crippen LogP contribution in [0.2, 0.25) is 5.02 Å². The van der Waals surface area contributed by atoms with Gasteiger partial charge in [0, 0.05) is 5.02 Å². The molecule has 0 saturated carbocycles. The van der Waals surface area contributed by atoms with E-state index in [0.29, 0.717) is 23.0 Å². The van der Waals surface area contributed by atoms with Crippen LogP contribution in [0.25, 0.3) is 0 Å². The lowest BCUT2D eigenvalue weighted by atomic mass is 10.4. The molecule has 2 rings (SSSR count). The van der Waals surface area contributed by atoms with Gasteiger partial charge in [-0.1, -0.05) is 11.6 Å². The molecule has 0 atom stereocenters. The molecular formula is C10H14ClN2O2S+. The highest BCUT2D eigenvalue weighted by molar-refractivity contribution is 7.89. The van der Waals surface area contributed by atoms with E-state index in [0.717, 1.165) is 13.1 Å². The normalized spacial score (nSPS) is 18.6. The number of halogens is 1. The molecule has 0 amide bonds. The Hall–Kier alpha value is -0.620. The van der Waals surface area contributed by atoms with E-state index in [1.165, 1.54) is 4.31 Å². The number of nitrogens with two attached hydrogens (primary N) is 1. The molecule has 1 aliphatic rings. The van der Waals surface area contributed by atoms with Crippen LogP contribution >= 0.6 is 11.6 Å². The van der Waals surface area contributed by atoms with Gasteiger partial charge in [-0.25, -0.2) is 8.42 Å². The summed E-state index contributed by atoms with van der Waals surface area (Å²) in [6.07, 6.45) is 0. The molecule has 88 valence electrons. The molecule has 1 saturated heterocycles. The Labute approximate surface area is 100 Å². The van der Waals surface area contributed by atoms with E-state index in [9.17, 15) is 8.42 Å². The van der Waals surface area contributed by atoms with Gasteiger partial charge in [-0.05, 0) is 24.3 Å². The van der Waals surface area contributed by atoms with E-state index in [1.807, 2.05) is 0 Å². The Bertz CT molecular complexity index is 452. The van der Waals surface area contributed by atoms with Gasteiger partial charge in [0.2, 0.25) is 10.0 Å². The summed E-state index contributed by atoms with van der Waals surface area (Å²) in [7, 11) is -3.32. The van der Waals surface area contributed by atoms with Crippen LogP contribution in [0.15, 0.2) is 29.2 Å². The Morgan fingerprint density at radius 2 is 1.69 bits per heavy atom. The summed E-state index contributed by atoms with van der Waals surface area (Å²) in [5.74, 6) is 0. The lowest BCUT2D eigenvalue weighted by molar-refractivity contribution is -0.661. The fraction of sp³-hybridized carbons (Fsp3) is 0.400. The van der Waals surface area contributed by atoms with Crippen molar-refractivity contribution in [2.75, 3.05) is 26.2 Å². The molecule has 1 aromatic rings. The zero-order chi connectivity index (χ0) is 11.6. The number of rotatable bonds is 2. The highest BCUT2D eigenvalue weighted by Crippen LogP contribution is 2.18. The Morgan fingerprint density at radius 3 is 2.25 bits per heavy atom. The van der Waals surface area contributed by atoms with Crippen LogP contribution in [0.4, 0.5) is 0 Å². The second kappa shape index (κ2) is 4.71. The van der Waals surface area contributed by atoms with Crippen LogP contribution in [0.1, 0.15) is 0 Å². The first-order valence-corrected chi connectivity index (χ1v) is 7.00. The average molecular weight is 262 g/mol. The van der Waals surface area contributed by atoms with Gasteiger partial charge in [-0.15, -0.1) is 0 Å². The third-order valence-electron chi connectivity index (χ3n) is 2.62. The Balaban J connectivity index is 2.27. The number of hydrogen-bond donors (Lipinski definition) is 1. The van der Waals surface area contributed by atoms with Gasteiger partial charge >= 0.3 is 0 Å². The summed E-state index contributed by atoms with van der Waals surface area (Å²) in [6.45, 7) is 2.80. The molecule has 1 heterocycles. The third kappa shape index (κ3) is 2.38. The summed E-state index contributed by atoms with van der Waals surface area (Å²) in [5.41, 5.74) is 0. The number of nitrogens with zero attached hydrogens (tertiary/aromatic N) is 1. The Morgan fingerprint density at radius 1 is 1.12 bits per heavy atom. The molecule has 0 aromatic heterocycles. The van der Waals surface area contributed by atoms with Crippen LogP contribution < -0.4 is 5.32 Å². The van der Waals surface area contributed by atoms with Crippen LogP contribution in [-0.2, 0) is 10.0 Å². The predicted octanol–water partition coefficient (Wildman–Crippen LogP) is -0.0923. The molecule has 1 aliphatic heterocycles. The second-order valence-corrected chi connectivity index (χ2v) is 6.10. The maximum atomic E-state index is 12.2. The fourth-order valence-corrected chi connectivity index (χ4v) is 3.32. The van der Waals surface area contributed by atoms with Gasteiger partial charge in [0.25, 0.3) is 0 Å². The monoisotopic (exact) mass is 261 g/mol. The lowest BCUT2D eigenvalue weighted by Gasteiger charge is -2.24.